The average Bonchev–Trinajstić information content (AvgIpc) is 2.36. The number of hydrogen-bond donors (Lipinski definition) is 1. The van der Waals surface area contributed by atoms with Crippen LogP contribution in [-0.2, 0) is 4.79 Å². The molecule has 0 aliphatic carbocycles. The number of carbonyl (C=O) groups is 1. The van der Waals surface area contributed by atoms with Gasteiger partial charge in [-0.05, 0) is 25.1 Å². The molecular formula is C13H17NO3. The van der Waals surface area contributed by atoms with Crippen molar-refractivity contribution >= 4 is 12.0 Å². The molecule has 1 amide bonds. The molecule has 92 valence electrons. The summed E-state index contributed by atoms with van der Waals surface area (Å²) in [5.74, 6) is 1.27. The van der Waals surface area contributed by atoms with Crippen molar-refractivity contribution < 1.29 is 14.3 Å². The normalized spacial score (nSPS) is 10.3. The van der Waals surface area contributed by atoms with Gasteiger partial charge in [0.05, 0.1) is 14.2 Å². The first-order chi connectivity index (χ1) is 8.21. The first-order valence-corrected chi connectivity index (χ1v) is 5.39. The highest BCUT2D eigenvalue weighted by molar-refractivity contribution is 5.92. The molecule has 4 heteroatoms. The lowest BCUT2D eigenvalue weighted by Crippen LogP contribution is -2.19. The number of likely N-dealkylation sites (N-methyl/N-ethyl adjacent to an activating group) is 1. The summed E-state index contributed by atoms with van der Waals surface area (Å²) in [5.41, 5.74) is 0.833. The zero-order valence-corrected chi connectivity index (χ0v) is 10.3. The van der Waals surface area contributed by atoms with Crippen LogP contribution in [-0.4, -0.2) is 26.7 Å². The summed E-state index contributed by atoms with van der Waals surface area (Å²) in [6.07, 6.45) is 3.19. The highest BCUT2D eigenvalue weighted by atomic mass is 16.5. The van der Waals surface area contributed by atoms with Crippen molar-refractivity contribution in [2.45, 2.75) is 6.92 Å². The van der Waals surface area contributed by atoms with E-state index in [4.69, 9.17) is 9.47 Å². The topological polar surface area (TPSA) is 47.6 Å². The number of ether oxygens (including phenoxy) is 2. The van der Waals surface area contributed by atoms with Gasteiger partial charge in [0.2, 0.25) is 5.91 Å². The maximum absolute atomic E-state index is 11.3. The average molecular weight is 235 g/mol. The van der Waals surface area contributed by atoms with Crippen molar-refractivity contribution in [2.24, 2.45) is 0 Å². The summed E-state index contributed by atoms with van der Waals surface area (Å²) in [5, 5.41) is 2.68. The van der Waals surface area contributed by atoms with Gasteiger partial charge in [-0.15, -0.1) is 0 Å². The van der Waals surface area contributed by atoms with Crippen LogP contribution in [0.3, 0.4) is 0 Å². The summed E-state index contributed by atoms with van der Waals surface area (Å²) in [4.78, 5) is 11.3. The van der Waals surface area contributed by atoms with Gasteiger partial charge >= 0.3 is 0 Å². The number of nitrogens with one attached hydrogen (secondary N) is 1. The van der Waals surface area contributed by atoms with Crippen molar-refractivity contribution in [2.75, 3.05) is 20.8 Å². The monoisotopic (exact) mass is 235 g/mol. The minimum atomic E-state index is -0.120. The van der Waals surface area contributed by atoms with E-state index in [-0.39, 0.29) is 5.91 Å². The minimum absolute atomic E-state index is 0.120. The molecular weight excluding hydrogens is 218 g/mol. The van der Waals surface area contributed by atoms with Crippen LogP contribution in [0.1, 0.15) is 12.5 Å². The van der Waals surface area contributed by atoms with Crippen molar-refractivity contribution in [1.82, 2.24) is 5.32 Å². The molecule has 1 aromatic carbocycles. The second kappa shape index (κ2) is 6.58. The molecule has 1 aromatic rings. The third kappa shape index (κ3) is 3.83. The smallest absolute Gasteiger partial charge is 0.243 e. The van der Waals surface area contributed by atoms with Crippen LogP contribution in [0.5, 0.6) is 11.5 Å². The first kappa shape index (κ1) is 13.1. The lowest BCUT2D eigenvalue weighted by atomic mass is 10.1. The van der Waals surface area contributed by atoms with E-state index in [0.29, 0.717) is 12.3 Å². The number of hydrogen-bond acceptors (Lipinski definition) is 3. The van der Waals surface area contributed by atoms with Crippen LogP contribution in [0.2, 0.25) is 0 Å². The highest BCUT2D eigenvalue weighted by Gasteiger charge is 2.02. The Balaban J connectivity index is 2.87. The highest BCUT2D eigenvalue weighted by Crippen LogP contribution is 2.25. The van der Waals surface area contributed by atoms with E-state index in [0.717, 1.165) is 11.3 Å². The Hall–Kier alpha value is -1.97. The molecule has 0 fully saturated rings. The largest absolute Gasteiger partial charge is 0.497 e. The molecule has 0 aromatic heterocycles. The first-order valence-electron chi connectivity index (χ1n) is 5.39. The number of benzene rings is 1. The quantitative estimate of drug-likeness (QED) is 0.792. The Bertz CT molecular complexity index is 413. The molecule has 0 radical (unpaired) electrons. The molecule has 0 aliphatic rings. The van der Waals surface area contributed by atoms with Gasteiger partial charge in [-0.1, -0.05) is 0 Å². The summed E-state index contributed by atoms with van der Waals surface area (Å²) in [6, 6.07) is 5.44. The van der Waals surface area contributed by atoms with Crippen molar-refractivity contribution in [3.63, 3.8) is 0 Å². The second-order valence-corrected chi connectivity index (χ2v) is 3.34. The maximum Gasteiger partial charge on any atom is 0.243 e. The number of methoxy groups -OCH3 is 2. The van der Waals surface area contributed by atoms with Gasteiger partial charge in [-0.25, -0.2) is 0 Å². The van der Waals surface area contributed by atoms with E-state index >= 15 is 0 Å². The van der Waals surface area contributed by atoms with Crippen LogP contribution in [0, 0.1) is 0 Å². The van der Waals surface area contributed by atoms with Crippen LogP contribution >= 0.6 is 0 Å². The van der Waals surface area contributed by atoms with E-state index in [1.165, 1.54) is 6.08 Å². The molecule has 0 bridgehead atoms. The molecule has 0 heterocycles. The zero-order valence-electron chi connectivity index (χ0n) is 10.3. The van der Waals surface area contributed by atoms with Gasteiger partial charge in [0, 0.05) is 24.3 Å². The fraction of sp³-hybridized carbons (Fsp3) is 0.308. The Labute approximate surface area is 101 Å². The van der Waals surface area contributed by atoms with Gasteiger partial charge in [0.25, 0.3) is 0 Å². The van der Waals surface area contributed by atoms with Crippen LogP contribution in [0.25, 0.3) is 6.08 Å². The van der Waals surface area contributed by atoms with Crippen molar-refractivity contribution in [3.8, 4) is 11.5 Å². The zero-order chi connectivity index (χ0) is 12.7. The van der Waals surface area contributed by atoms with Gasteiger partial charge in [-0.2, -0.15) is 0 Å². The molecule has 0 unspecified atom stereocenters. The van der Waals surface area contributed by atoms with Gasteiger partial charge < -0.3 is 14.8 Å². The molecule has 0 saturated carbocycles. The molecule has 0 spiro atoms. The summed E-state index contributed by atoms with van der Waals surface area (Å²) < 4.78 is 10.3. The number of amides is 1. The van der Waals surface area contributed by atoms with E-state index in [1.54, 1.807) is 26.4 Å². The predicted molar refractivity (Wildman–Crippen MR) is 67.3 cm³/mol. The van der Waals surface area contributed by atoms with E-state index in [9.17, 15) is 4.79 Å². The van der Waals surface area contributed by atoms with Crippen LogP contribution < -0.4 is 14.8 Å². The van der Waals surface area contributed by atoms with E-state index in [1.807, 2.05) is 19.1 Å². The van der Waals surface area contributed by atoms with Gasteiger partial charge in [-0.3, -0.25) is 4.79 Å². The Morgan fingerprint density at radius 2 is 2.12 bits per heavy atom. The fourth-order valence-corrected chi connectivity index (χ4v) is 1.35. The third-order valence-corrected chi connectivity index (χ3v) is 2.21. The maximum atomic E-state index is 11.3. The molecule has 0 atom stereocenters. The van der Waals surface area contributed by atoms with Gasteiger partial charge in [0.15, 0.2) is 0 Å². The Morgan fingerprint density at radius 1 is 1.35 bits per heavy atom. The van der Waals surface area contributed by atoms with Crippen molar-refractivity contribution in [1.29, 1.82) is 0 Å². The van der Waals surface area contributed by atoms with E-state index in [2.05, 4.69) is 5.32 Å². The van der Waals surface area contributed by atoms with Gasteiger partial charge in [0.1, 0.15) is 11.5 Å². The van der Waals surface area contributed by atoms with Crippen molar-refractivity contribution in [3.05, 3.63) is 29.8 Å². The standard InChI is InChI=1S/C13H17NO3/c1-4-14-13(15)8-6-10-5-7-11(16-2)9-12(10)17-3/h5-9H,4H2,1-3H3,(H,14,15)/b8-6+. The summed E-state index contributed by atoms with van der Waals surface area (Å²) in [7, 11) is 3.18. The molecule has 0 saturated heterocycles. The van der Waals surface area contributed by atoms with Crippen LogP contribution in [0.15, 0.2) is 24.3 Å². The SMILES string of the molecule is CCNC(=O)/C=C/c1ccc(OC)cc1OC. The van der Waals surface area contributed by atoms with Crippen LogP contribution in [0.4, 0.5) is 0 Å². The summed E-state index contributed by atoms with van der Waals surface area (Å²) >= 11 is 0. The lowest BCUT2D eigenvalue weighted by Gasteiger charge is -2.07. The minimum Gasteiger partial charge on any atom is -0.497 e. The number of rotatable bonds is 5. The molecule has 1 N–H and O–H groups in total. The second-order valence-electron chi connectivity index (χ2n) is 3.34. The molecule has 1 rings (SSSR count). The molecule has 17 heavy (non-hydrogen) atoms. The number of carbonyl (C=O) groups excluding carboxylic acids is 1. The lowest BCUT2D eigenvalue weighted by molar-refractivity contribution is -0.116. The fourth-order valence-electron chi connectivity index (χ4n) is 1.35. The Kier molecular flexibility index (Phi) is 5.07. The molecule has 0 aliphatic heterocycles. The Morgan fingerprint density at radius 3 is 2.71 bits per heavy atom. The van der Waals surface area contributed by atoms with E-state index < -0.39 is 0 Å². The molecule has 4 nitrogen and oxygen atoms in total. The predicted octanol–water partition coefficient (Wildman–Crippen LogP) is 1.85. The summed E-state index contributed by atoms with van der Waals surface area (Å²) in [6.45, 7) is 2.49. The third-order valence-electron chi connectivity index (χ3n) is 2.21.